The normalized spacial score (nSPS) is 11.2. The maximum absolute atomic E-state index is 13.2. The molecule has 1 aliphatic rings. The summed E-state index contributed by atoms with van der Waals surface area (Å²) in [6.45, 7) is 0. The lowest BCUT2D eigenvalue weighted by Crippen LogP contribution is -2.41. The number of phenols is 2. The zero-order chi connectivity index (χ0) is 28.4. The van der Waals surface area contributed by atoms with Gasteiger partial charge in [0.25, 0.3) is 23.6 Å². The van der Waals surface area contributed by atoms with Gasteiger partial charge in [-0.05, 0) is 59.7 Å². The van der Waals surface area contributed by atoms with Crippen molar-refractivity contribution in [1.82, 2.24) is 21.7 Å². The fraction of sp³-hybridized carbons (Fsp3) is 0. The van der Waals surface area contributed by atoms with Gasteiger partial charge in [0.2, 0.25) is 0 Å². The predicted molar refractivity (Wildman–Crippen MR) is 141 cm³/mol. The Kier molecular flexibility index (Phi) is 6.69. The van der Waals surface area contributed by atoms with E-state index in [-0.39, 0.29) is 44.9 Å². The molecule has 4 aromatic carbocycles. The summed E-state index contributed by atoms with van der Waals surface area (Å²) in [6.07, 6.45) is 0. The van der Waals surface area contributed by atoms with Crippen molar-refractivity contribution in [1.29, 1.82) is 0 Å². The number of hydrogen-bond acceptors (Lipinski definition) is 7. The molecule has 0 aliphatic heterocycles. The van der Waals surface area contributed by atoms with Crippen LogP contribution in [-0.2, 0) is 0 Å². The van der Waals surface area contributed by atoms with Crippen molar-refractivity contribution in [3.05, 3.63) is 118 Å². The van der Waals surface area contributed by atoms with E-state index in [2.05, 4.69) is 21.7 Å². The Labute approximate surface area is 226 Å². The molecule has 0 saturated heterocycles. The first kappa shape index (κ1) is 25.7. The van der Waals surface area contributed by atoms with Crippen molar-refractivity contribution in [3.8, 4) is 22.6 Å². The number of nitrogens with one attached hydrogen (secondary N) is 4. The second-order valence-corrected chi connectivity index (χ2v) is 8.70. The lowest BCUT2D eigenvalue weighted by atomic mass is 10.0. The number of carbonyl (C=O) groups excluding carboxylic acids is 5. The topological polar surface area (TPSA) is 174 Å². The zero-order valence-corrected chi connectivity index (χ0v) is 20.5. The van der Waals surface area contributed by atoms with E-state index in [1.807, 2.05) is 0 Å². The maximum Gasteiger partial charge on any atom is 0.273 e. The van der Waals surface area contributed by atoms with Crippen molar-refractivity contribution in [3.63, 3.8) is 0 Å². The zero-order valence-electron chi connectivity index (χ0n) is 20.5. The molecule has 0 spiro atoms. The molecule has 0 fully saturated rings. The number of hydrazine groups is 2. The van der Waals surface area contributed by atoms with Gasteiger partial charge in [-0.3, -0.25) is 45.7 Å². The quantitative estimate of drug-likeness (QED) is 0.191. The Hall–Kier alpha value is -5.97. The van der Waals surface area contributed by atoms with Crippen LogP contribution in [0.25, 0.3) is 11.1 Å². The van der Waals surface area contributed by atoms with Crippen LogP contribution < -0.4 is 21.7 Å². The summed E-state index contributed by atoms with van der Waals surface area (Å²) in [5, 5.41) is 19.6. The molecule has 11 heteroatoms. The molecule has 0 unspecified atom stereocenters. The molecule has 0 atom stereocenters. The van der Waals surface area contributed by atoms with Crippen LogP contribution in [-0.4, -0.2) is 39.6 Å². The third-order valence-electron chi connectivity index (χ3n) is 6.22. The highest BCUT2D eigenvalue weighted by Gasteiger charge is 2.29. The van der Waals surface area contributed by atoms with Gasteiger partial charge in [-0.2, -0.15) is 0 Å². The van der Waals surface area contributed by atoms with E-state index in [1.165, 1.54) is 48.5 Å². The average molecular weight is 537 g/mol. The number of hydrogen-bond donors (Lipinski definition) is 6. The summed E-state index contributed by atoms with van der Waals surface area (Å²) in [5.74, 6) is -3.73. The van der Waals surface area contributed by atoms with Gasteiger partial charge in [-0.25, -0.2) is 0 Å². The fourth-order valence-electron chi connectivity index (χ4n) is 4.20. The van der Waals surface area contributed by atoms with E-state index in [1.54, 1.807) is 36.4 Å². The number of para-hydroxylation sites is 2. The minimum atomic E-state index is -0.723. The van der Waals surface area contributed by atoms with Crippen LogP contribution in [0.1, 0.15) is 57.4 Å². The molecule has 5 rings (SSSR count). The molecule has 0 radical (unpaired) electrons. The molecule has 0 saturated carbocycles. The third kappa shape index (κ3) is 4.82. The lowest BCUT2D eigenvalue weighted by Gasteiger charge is -2.09. The highest BCUT2D eigenvalue weighted by Crippen LogP contribution is 2.37. The Morgan fingerprint density at radius 3 is 1.25 bits per heavy atom. The largest absolute Gasteiger partial charge is 0.507 e. The number of phenolic OH excluding ortho intramolecular Hbond substituents is 2. The minimum Gasteiger partial charge on any atom is -0.507 e. The maximum atomic E-state index is 13.2. The number of aromatic hydroxyl groups is 2. The molecule has 40 heavy (non-hydrogen) atoms. The van der Waals surface area contributed by atoms with Gasteiger partial charge < -0.3 is 10.2 Å². The second-order valence-electron chi connectivity index (χ2n) is 8.70. The van der Waals surface area contributed by atoms with Gasteiger partial charge >= 0.3 is 0 Å². The van der Waals surface area contributed by atoms with Crippen LogP contribution in [0.15, 0.2) is 84.9 Å². The molecular weight excluding hydrogens is 516 g/mol. The van der Waals surface area contributed by atoms with Crippen molar-refractivity contribution in [2.75, 3.05) is 0 Å². The van der Waals surface area contributed by atoms with E-state index in [9.17, 15) is 34.2 Å². The van der Waals surface area contributed by atoms with E-state index in [0.29, 0.717) is 11.1 Å². The van der Waals surface area contributed by atoms with Gasteiger partial charge in [0, 0.05) is 22.3 Å². The molecule has 0 bridgehead atoms. The van der Waals surface area contributed by atoms with Crippen LogP contribution in [0.3, 0.4) is 0 Å². The number of benzene rings is 4. The van der Waals surface area contributed by atoms with Gasteiger partial charge in [0.1, 0.15) is 11.5 Å². The molecule has 11 nitrogen and oxygen atoms in total. The first-order valence-corrected chi connectivity index (χ1v) is 11.8. The number of amides is 4. The Morgan fingerprint density at radius 2 is 0.850 bits per heavy atom. The van der Waals surface area contributed by atoms with Crippen molar-refractivity contribution >= 4 is 29.4 Å². The fourth-order valence-corrected chi connectivity index (χ4v) is 4.20. The van der Waals surface area contributed by atoms with E-state index >= 15 is 0 Å². The van der Waals surface area contributed by atoms with Crippen LogP contribution in [0, 0.1) is 0 Å². The SMILES string of the molecule is O=C(NNC(=O)c1ccccc1O)c1ccc2c(c1)C(=O)c1cc(C(=O)NNC(=O)c3ccccc3O)ccc1-2. The first-order valence-electron chi connectivity index (χ1n) is 11.8. The Balaban J connectivity index is 1.26. The van der Waals surface area contributed by atoms with Gasteiger partial charge in [0.05, 0.1) is 11.1 Å². The second kappa shape index (κ2) is 10.4. The standard InChI is InChI=1S/C29H20N4O7/c34-23-7-3-1-5-19(23)28(39)32-30-26(37)15-9-11-17-18-12-10-16(14-22(18)25(36)21(17)13-15)27(38)31-33-29(40)20-6-2-4-8-24(20)35/h1-14,34-35H,(H,30,37)(H,31,38)(H,32,39)(H,33,40). The predicted octanol–water partition coefficient (Wildman–Crippen LogP) is 2.46. The van der Waals surface area contributed by atoms with Gasteiger partial charge in [-0.15, -0.1) is 0 Å². The summed E-state index contributed by atoms with van der Waals surface area (Å²) < 4.78 is 0. The van der Waals surface area contributed by atoms with Crippen LogP contribution >= 0.6 is 0 Å². The monoisotopic (exact) mass is 536 g/mol. The molecule has 1 aliphatic carbocycles. The summed E-state index contributed by atoms with van der Waals surface area (Å²) in [7, 11) is 0. The minimum absolute atomic E-state index is 0.0278. The average Bonchev–Trinajstić information content (AvgIpc) is 3.25. The Morgan fingerprint density at radius 1 is 0.475 bits per heavy atom. The van der Waals surface area contributed by atoms with Gasteiger partial charge in [-0.1, -0.05) is 36.4 Å². The number of ketones is 1. The summed E-state index contributed by atoms with van der Waals surface area (Å²) in [5.41, 5.74) is 10.7. The number of fused-ring (bicyclic) bond motifs is 3. The van der Waals surface area contributed by atoms with Crippen LogP contribution in [0.5, 0.6) is 11.5 Å². The van der Waals surface area contributed by atoms with E-state index < -0.39 is 29.4 Å². The molecule has 0 aromatic heterocycles. The highest BCUT2D eigenvalue weighted by molar-refractivity contribution is 6.23. The summed E-state index contributed by atoms with van der Waals surface area (Å²) in [6, 6.07) is 20.6. The highest BCUT2D eigenvalue weighted by atomic mass is 16.3. The summed E-state index contributed by atoms with van der Waals surface area (Å²) in [4.78, 5) is 62.9. The van der Waals surface area contributed by atoms with Crippen LogP contribution in [0.4, 0.5) is 0 Å². The molecule has 4 amide bonds. The molecular formula is C29H20N4O7. The van der Waals surface area contributed by atoms with Crippen molar-refractivity contribution in [2.45, 2.75) is 0 Å². The van der Waals surface area contributed by atoms with E-state index in [0.717, 1.165) is 0 Å². The van der Waals surface area contributed by atoms with Crippen molar-refractivity contribution < 1.29 is 34.2 Å². The Bertz CT molecular complexity index is 1610. The molecule has 198 valence electrons. The number of rotatable bonds is 4. The smallest absolute Gasteiger partial charge is 0.273 e. The van der Waals surface area contributed by atoms with Crippen LogP contribution in [0.2, 0.25) is 0 Å². The molecule has 4 aromatic rings. The lowest BCUT2D eigenvalue weighted by molar-refractivity contribution is 0.0844. The number of carbonyl (C=O) groups is 5. The summed E-state index contributed by atoms with van der Waals surface area (Å²) >= 11 is 0. The van der Waals surface area contributed by atoms with Crippen molar-refractivity contribution in [2.24, 2.45) is 0 Å². The van der Waals surface area contributed by atoms with Gasteiger partial charge in [0.15, 0.2) is 5.78 Å². The molecule has 6 N–H and O–H groups in total. The molecule has 0 heterocycles. The third-order valence-corrected chi connectivity index (χ3v) is 6.22. The first-order chi connectivity index (χ1) is 19.2. The van der Waals surface area contributed by atoms with E-state index in [4.69, 9.17) is 0 Å².